The number of alkyl halides is 3. The van der Waals surface area contributed by atoms with Crippen molar-refractivity contribution >= 4 is 15.9 Å². The van der Waals surface area contributed by atoms with Crippen LogP contribution in [0.5, 0.6) is 0 Å². The van der Waals surface area contributed by atoms with E-state index < -0.39 is 27.1 Å². The SMILES string of the molecule is C[C@@]12CN(C(=O)[C@@H]3CCCO3)C[C@@H]1CN(S(=O)(=O)C(F)(F)F)C2. The van der Waals surface area contributed by atoms with E-state index in [2.05, 4.69) is 0 Å². The summed E-state index contributed by atoms with van der Waals surface area (Å²) < 4.78 is 67.0. The molecule has 3 rings (SSSR count). The number of amides is 1. The topological polar surface area (TPSA) is 66.9 Å². The van der Waals surface area contributed by atoms with Crippen molar-refractivity contribution in [3.63, 3.8) is 0 Å². The highest BCUT2D eigenvalue weighted by atomic mass is 32.2. The van der Waals surface area contributed by atoms with Crippen LogP contribution < -0.4 is 0 Å². The number of ether oxygens (including phenoxy) is 1. The quantitative estimate of drug-likeness (QED) is 0.734. The highest BCUT2D eigenvalue weighted by molar-refractivity contribution is 7.90. The van der Waals surface area contributed by atoms with E-state index in [0.29, 0.717) is 17.3 Å². The zero-order valence-corrected chi connectivity index (χ0v) is 13.5. The molecule has 3 atom stereocenters. The zero-order valence-electron chi connectivity index (χ0n) is 12.7. The maximum Gasteiger partial charge on any atom is 0.511 e. The van der Waals surface area contributed by atoms with E-state index in [-0.39, 0.29) is 38.0 Å². The molecule has 23 heavy (non-hydrogen) atoms. The Morgan fingerprint density at radius 1 is 1.26 bits per heavy atom. The van der Waals surface area contributed by atoms with Crippen molar-refractivity contribution in [1.82, 2.24) is 9.21 Å². The molecule has 0 aliphatic carbocycles. The third-order valence-corrected chi connectivity index (χ3v) is 6.63. The van der Waals surface area contributed by atoms with Gasteiger partial charge in [0.2, 0.25) is 0 Å². The van der Waals surface area contributed by atoms with Crippen molar-refractivity contribution < 1.29 is 31.1 Å². The molecule has 0 aromatic carbocycles. The number of nitrogens with zero attached hydrogens (tertiary/aromatic N) is 2. The molecular formula is C13H19F3N2O4S. The molecule has 6 nitrogen and oxygen atoms in total. The van der Waals surface area contributed by atoms with Crippen LogP contribution in [0.1, 0.15) is 19.8 Å². The molecular weight excluding hydrogens is 337 g/mol. The minimum atomic E-state index is -5.30. The summed E-state index contributed by atoms with van der Waals surface area (Å²) >= 11 is 0. The normalized spacial score (nSPS) is 35.7. The average molecular weight is 356 g/mol. The third kappa shape index (κ3) is 2.74. The number of likely N-dealkylation sites (tertiary alicyclic amines) is 1. The minimum Gasteiger partial charge on any atom is -0.368 e. The molecule has 0 aromatic rings. The van der Waals surface area contributed by atoms with Gasteiger partial charge in [0.05, 0.1) is 0 Å². The third-order valence-electron chi connectivity index (χ3n) is 5.09. The maximum absolute atomic E-state index is 12.7. The van der Waals surface area contributed by atoms with E-state index in [1.165, 1.54) is 0 Å². The molecule has 0 N–H and O–H groups in total. The summed E-state index contributed by atoms with van der Waals surface area (Å²) in [6, 6.07) is 0. The molecule has 0 unspecified atom stereocenters. The van der Waals surface area contributed by atoms with E-state index in [4.69, 9.17) is 4.74 Å². The Hall–Kier alpha value is -0.870. The first-order valence-corrected chi connectivity index (χ1v) is 8.95. The number of hydrogen-bond acceptors (Lipinski definition) is 4. The number of halogens is 3. The molecule has 0 saturated carbocycles. The molecule has 3 saturated heterocycles. The van der Waals surface area contributed by atoms with Crippen molar-refractivity contribution in [3.8, 4) is 0 Å². The zero-order chi connectivity index (χ0) is 17.0. The van der Waals surface area contributed by atoms with Gasteiger partial charge in [0.25, 0.3) is 5.91 Å². The summed E-state index contributed by atoms with van der Waals surface area (Å²) in [6.45, 7) is 2.41. The average Bonchev–Trinajstić information content (AvgIpc) is 3.09. The number of carbonyl (C=O) groups excluding carboxylic acids is 1. The Morgan fingerprint density at radius 3 is 2.48 bits per heavy atom. The van der Waals surface area contributed by atoms with Crippen LogP contribution in [0, 0.1) is 11.3 Å². The fraction of sp³-hybridized carbons (Fsp3) is 0.923. The number of carbonyl (C=O) groups is 1. The summed E-state index contributed by atoms with van der Waals surface area (Å²) in [7, 11) is -5.30. The monoisotopic (exact) mass is 356 g/mol. The molecule has 0 radical (unpaired) electrons. The summed E-state index contributed by atoms with van der Waals surface area (Å²) in [4.78, 5) is 14.0. The summed E-state index contributed by atoms with van der Waals surface area (Å²) in [6.07, 6.45) is 1.01. The number of hydrogen-bond donors (Lipinski definition) is 0. The standard InChI is InChI=1S/C13H19F3N2O4S/c1-12-7-17(11(19)10-3-2-4-22-10)5-9(12)6-18(8-12)23(20,21)13(14,15)16/h9-10H,2-8H2,1H3/t9-,10+,12+/m1/s1. The maximum atomic E-state index is 12.7. The molecule has 3 fully saturated rings. The predicted octanol–water partition coefficient (Wildman–Crippen LogP) is 0.795. The predicted molar refractivity (Wildman–Crippen MR) is 73.7 cm³/mol. The van der Waals surface area contributed by atoms with Crippen LogP contribution in [0.15, 0.2) is 0 Å². The van der Waals surface area contributed by atoms with Crippen molar-refractivity contribution in [2.45, 2.75) is 31.4 Å². The summed E-state index contributed by atoms with van der Waals surface area (Å²) in [5.41, 5.74) is -5.93. The lowest BCUT2D eigenvalue weighted by Crippen LogP contribution is -2.44. The van der Waals surface area contributed by atoms with Crippen LogP contribution in [0.4, 0.5) is 13.2 Å². The van der Waals surface area contributed by atoms with Gasteiger partial charge in [-0.05, 0) is 18.8 Å². The lowest BCUT2D eigenvalue weighted by atomic mass is 9.83. The van der Waals surface area contributed by atoms with Gasteiger partial charge < -0.3 is 9.64 Å². The second-order valence-electron chi connectivity index (χ2n) is 6.81. The van der Waals surface area contributed by atoms with E-state index >= 15 is 0 Å². The Kier molecular flexibility index (Phi) is 3.92. The fourth-order valence-electron chi connectivity index (χ4n) is 3.76. The number of rotatable bonds is 2. The van der Waals surface area contributed by atoms with Gasteiger partial charge in [0, 0.05) is 38.2 Å². The molecule has 0 spiro atoms. The van der Waals surface area contributed by atoms with E-state index in [1.807, 2.05) is 0 Å². The first kappa shape index (κ1) is 17.0. The number of fused-ring (bicyclic) bond motifs is 1. The molecule has 132 valence electrons. The van der Waals surface area contributed by atoms with Crippen LogP contribution in [-0.2, 0) is 19.6 Å². The van der Waals surface area contributed by atoms with Gasteiger partial charge in [0.15, 0.2) is 0 Å². The lowest BCUT2D eigenvalue weighted by molar-refractivity contribution is -0.140. The molecule has 10 heteroatoms. The van der Waals surface area contributed by atoms with Crippen molar-refractivity contribution in [3.05, 3.63) is 0 Å². The van der Waals surface area contributed by atoms with E-state index in [1.54, 1.807) is 11.8 Å². The van der Waals surface area contributed by atoms with Crippen molar-refractivity contribution in [2.75, 3.05) is 32.8 Å². The van der Waals surface area contributed by atoms with Crippen LogP contribution in [0.25, 0.3) is 0 Å². The lowest BCUT2D eigenvalue weighted by Gasteiger charge is -2.26. The Bertz CT molecular complexity index is 603. The van der Waals surface area contributed by atoms with E-state index in [9.17, 15) is 26.4 Å². The first-order chi connectivity index (χ1) is 10.5. The molecule has 0 bridgehead atoms. The highest BCUT2D eigenvalue weighted by Gasteiger charge is 2.59. The largest absolute Gasteiger partial charge is 0.511 e. The Morgan fingerprint density at radius 2 is 1.96 bits per heavy atom. The van der Waals surface area contributed by atoms with Gasteiger partial charge in [-0.3, -0.25) is 4.79 Å². The van der Waals surface area contributed by atoms with Gasteiger partial charge >= 0.3 is 15.5 Å². The number of sulfonamides is 1. The van der Waals surface area contributed by atoms with Crippen molar-refractivity contribution in [1.29, 1.82) is 0 Å². The van der Waals surface area contributed by atoms with Crippen LogP contribution >= 0.6 is 0 Å². The van der Waals surface area contributed by atoms with Crippen molar-refractivity contribution in [2.24, 2.45) is 11.3 Å². The van der Waals surface area contributed by atoms with Crippen LogP contribution in [0.3, 0.4) is 0 Å². The molecule has 3 heterocycles. The highest BCUT2D eigenvalue weighted by Crippen LogP contribution is 2.45. The summed E-state index contributed by atoms with van der Waals surface area (Å²) in [5.74, 6) is -0.423. The minimum absolute atomic E-state index is 0.136. The van der Waals surface area contributed by atoms with Gasteiger partial charge in [0.1, 0.15) is 6.10 Å². The van der Waals surface area contributed by atoms with Crippen LogP contribution in [-0.4, -0.2) is 67.9 Å². The van der Waals surface area contributed by atoms with Gasteiger partial charge in [-0.2, -0.15) is 17.5 Å². The van der Waals surface area contributed by atoms with Gasteiger partial charge in [-0.1, -0.05) is 6.92 Å². The van der Waals surface area contributed by atoms with Gasteiger partial charge in [-0.15, -0.1) is 0 Å². The molecule has 0 aromatic heterocycles. The Balaban J connectivity index is 1.70. The second-order valence-corrected chi connectivity index (χ2v) is 8.74. The molecule has 3 aliphatic rings. The van der Waals surface area contributed by atoms with E-state index in [0.717, 1.165) is 6.42 Å². The molecule has 3 aliphatic heterocycles. The smallest absolute Gasteiger partial charge is 0.368 e. The Labute approximate surface area is 132 Å². The van der Waals surface area contributed by atoms with Crippen LogP contribution in [0.2, 0.25) is 0 Å². The van der Waals surface area contributed by atoms with Gasteiger partial charge in [-0.25, -0.2) is 8.42 Å². The first-order valence-electron chi connectivity index (χ1n) is 7.51. The fourth-order valence-corrected chi connectivity index (χ4v) is 4.89. The molecule has 1 amide bonds. The second kappa shape index (κ2) is 5.32. The summed E-state index contributed by atoms with van der Waals surface area (Å²) in [5, 5.41) is 0.